The highest BCUT2D eigenvalue weighted by molar-refractivity contribution is 6.00. The van der Waals surface area contributed by atoms with Crippen molar-refractivity contribution >= 4 is 17.3 Å². The first-order chi connectivity index (χ1) is 9.63. The summed E-state index contributed by atoms with van der Waals surface area (Å²) in [5, 5.41) is 13.9. The average molecular weight is 279 g/mol. The molecule has 0 aromatic heterocycles. The van der Waals surface area contributed by atoms with Gasteiger partial charge in [-0.2, -0.15) is 0 Å². The number of carbonyl (C=O) groups excluding carboxylic acids is 1. The molecule has 0 atom stereocenters. The van der Waals surface area contributed by atoms with Gasteiger partial charge in [0.1, 0.15) is 0 Å². The van der Waals surface area contributed by atoms with Gasteiger partial charge in [-0.1, -0.05) is 0 Å². The largest absolute Gasteiger partial charge is 0.385 e. The summed E-state index contributed by atoms with van der Waals surface area (Å²) in [6, 6.07) is 4.30. The van der Waals surface area contributed by atoms with Gasteiger partial charge in [-0.05, 0) is 13.0 Å². The SMILES string of the molecule is CCNc1ccc([N+](=O)[O-])cc1C(=O)N1CCOCC1. The van der Waals surface area contributed by atoms with Crippen LogP contribution in [-0.4, -0.2) is 48.6 Å². The molecule has 1 amide bonds. The molecule has 108 valence electrons. The number of nitro groups is 1. The minimum atomic E-state index is -0.494. The Bertz CT molecular complexity index is 512. The first-order valence-corrected chi connectivity index (χ1v) is 6.52. The number of non-ortho nitro benzene ring substituents is 1. The van der Waals surface area contributed by atoms with Gasteiger partial charge in [-0.25, -0.2) is 0 Å². The molecule has 1 saturated heterocycles. The summed E-state index contributed by atoms with van der Waals surface area (Å²) in [6.45, 7) is 4.56. The van der Waals surface area contributed by atoms with E-state index in [4.69, 9.17) is 4.74 Å². The van der Waals surface area contributed by atoms with Crippen LogP contribution in [0.1, 0.15) is 17.3 Å². The van der Waals surface area contributed by atoms with Crippen LogP contribution in [-0.2, 0) is 4.74 Å². The molecule has 0 spiro atoms. The summed E-state index contributed by atoms with van der Waals surface area (Å²) >= 11 is 0. The molecule has 20 heavy (non-hydrogen) atoms. The van der Waals surface area contributed by atoms with Gasteiger partial charge >= 0.3 is 0 Å². The molecule has 1 heterocycles. The standard InChI is InChI=1S/C13H17N3O4/c1-2-14-12-4-3-10(16(18)19)9-11(12)13(17)15-5-7-20-8-6-15/h3-4,9,14H,2,5-8H2,1H3. The second-order valence-corrected chi connectivity index (χ2v) is 4.42. The number of ether oxygens (including phenoxy) is 1. The van der Waals surface area contributed by atoms with E-state index in [1.807, 2.05) is 6.92 Å². The Morgan fingerprint density at radius 3 is 2.75 bits per heavy atom. The fourth-order valence-corrected chi connectivity index (χ4v) is 2.10. The van der Waals surface area contributed by atoms with Crippen LogP contribution in [0.4, 0.5) is 11.4 Å². The summed E-state index contributed by atoms with van der Waals surface area (Å²) in [5.41, 5.74) is 0.876. The number of carbonyl (C=O) groups is 1. The highest BCUT2D eigenvalue weighted by Gasteiger charge is 2.23. The molecular formula is C13H17N3O4. The van der Waals surface area contributed by atoms with Gasteiger partial charge in [0, 0.05) is 37.5 Å². The van der Waals surface area contributed by atoms with Crippen molar-refractivity contribution in [1.82, 2.24) is 4.90 Å². The van der Waals surface area contributed by atoms with Crippen LogP contribution >= 0.6 is 0 Å². The number of amides is 1. The molecule has 2 rings (SSSR count). The van der Waals surface area contributed by atoms with E-state index >= 15 is 0 Å². The first-order valence-electron chi connectivity index (χ1n) is 6.52. The van der Waals surface area contributed by atoms with E-state index < -0.39 is 4.92 Å². The summed E-state index contributed by atoms with van der Waals surface area (Å²) < 4.78 is 5.21. The van der Waals surface area contributed by atoms with Crippen molar-refractivity contribution in [3.63, 3.8) is 0 Å². The maximum absolute atomic E-state index is 12.5. The fourth-order valence-electron chi connectivity index (χ4n) is 2.10. The van der Waals surface area contributed by atoms with Crippen molar-refractivity contribution in [2.24, 2.45) is 0 Å². The van der Waals surface area contributed by atoms with E-state index in [0.717, 1.165) is 0 Å². The quantitative estimate of drug-likeness (QED) is 0.667. The van der Waals surface area contributed by atoms with Crippen LogP contribution in [0.2, 0.25) is 0 Å². The smallest absolute Gasteiger partial charge is 0.270 e. The molecule has 7 heteroatoms. The van der Waals surface area contributed by atoms with Crippen molar-refractivity contribution in [1.29, 1.82) is 0 Å². The number of nitro benzene ring substituents is 1. The first kappa shape index (κ1) is 14.3. The number of benzene rings is 1. The molecule has 0 radical (unpaired) electrons. The maximum atomic E-state index is 12.5. The van der Waals surface area contributed by atoms with E-state index in [0.29, 0.717) is 44.1 Å². The van der Waals surface area contributed by atoms with Crippen molar-refractivity contribution in [2.45, 2.75) is 6.92 Å². The van der Waals surface area contributed by atoms with Gasteiger partial charge in [-0.15, -0.1) is 0 Å². The Balaban J connectivity index is 2.32. The summed E-state index contributed by atoms with van der Waals surface area (Å²) in [6.07, 6.45) is 0. The number of nitrogens with zero attached hydrogens (tertiary/aromatic N) is 2. The van der Waals surface area contributed by atoms with Gasteiger partial charge in [0.2, 0.25) is 0 Å². The zero-order valence-corrected chi connectivity index (χ0v) is 11.3. The van der Waals surface area contributed by atoms with Crippen molar-refractivity contribution in [3.05, 3.63) is 33.9 Å². The van der Waals surface area contributed by atoms with Crippen LogP contribution < -0.4 is 5.32 Å². The minimum absolute atomic E-state index is 0.0803. The van der Waals surface area contributed by atoms with Crippen LogP contribution in [0.5, 0.6) is 0 Å². The van der Waals surface area contributed by atoms with Crippen LogP contribution in [0.3, 0.4) is 0 Å². The molecule has 0 saturated carbocycles. The van der Waals surface area contributed by atoms with Gasteiger partial charge in [0.05, 0.1) is 23.7 Å². The Kier molecular flexibility index (Phi) is 4.52. The lowest BCUT2D eigenvalue weighted by Crippen LogP contribution is -2.41. The molecule has 1 N–H and O–H groups in total. The third kappa shape index (κ3) is 3.05. The highest BCUT2D eigenvalue weighted by atomic mass is 16.6. The third-order valence-electron chi connectivity index (χ3n) is 3.11. The number of hydrogen-bond acceptors (Lipinski definition) is 5. The minimum Gasteiger partial charge on any atom is -0.385 e. The zero-order chi connectivity index (χ0) is 14.5. The summed E-state index contributed by atoms with van der Waals surface area (Å²) in [5.74, 6) is -0.201. The van der Waals surface area contributed by atoms with Crippen molar-refractivity contribution in [3.8, 4) is 0 Å². The Hall–Kier alpha value is -2.15. The molecule has 1 aliphatic rings. The van der Waals surface area contributed by atoms with Gasteiger partial charge in [0.15, 0.2) is 0 Å². The third-order valence-corrected chi connectivity index (χ3v) is 3.11. The van der Waals surface area contributed by atoms with Crippen LogP contribution in [0.25, 0.3) is 0 Å². The average Bonchev–Trinajstić information content (AvgIpc) is 2.48. The number of rotatable bonds is 4. The second kappa shape index (κ2) is 6.33. The van der Waals surface area contributed by atoms with Gasteiger partial charge in [0.25, 0.3) is 11.6 Å². The van der Waals surface area contributed by atoms with E-state index in [1.54, 1.807) is 11.0 Å². The van der Waals surface area contributed by atoms with E-state index in [9.17, 15) is 14.9 Å². The Labute approximate surface area is 116 Å². The van der Waals surface area contributed by atoms with E-state index in [1.165, 1.54) is 12.1 Å². The summed E-state index contributed by atoms with van der Waals surface area (Å²) in [4.78, 5) is 24.5. The van der Waals surface area contributed by atoms with Crippen molar-refractivity contribution < 1.29 is 14.5 Å². The van der Waals surface area contributed by atoms with Crippen LogP contribution in [0.15, 0.2) is 18.2 Å². The second-order valence-electron chi connectivity index (χ2n) is 4.42. The fraction of sp³-hybridized carbons (Fsp3) is 0.462. The van der Waals surface area contributed by atoms with Gasteiger partial charge < -0.3 is 15.0 Å². The molecule has 0 aliphatic carbocycles. The maximum Gasteiger partial charge on any atom is 0.270 e. The molecule has 1 aromatic rings. The number of morpholine rings is 1. The Morgan fingerprint density at radius 2 is 2.15 bits per heavy atom. The molecule has 0 unspecified atom stereocenters. The summed E-state index contributed by atoms with van der Waals surface area (Å²) in [7, 11) is 0. The molecular weight excluding hydrogens is 262 g/mol. The lowest BCUT2D eigenvalue weighted by atomic mass is 10.1. The number of nitrogens with one attached hydrogen (secondary N) is 1. The molecule has 1 aliphatic heterocycles. The Morgan fingerprint density at radius 1 is 1.45 bits per heavy atom. The lowest BCUT2D eigenvalue weighted by molar-refractivity contribution is -0.384. The van der Waals surface area contributed by atoms with E-state index in [2.05, 4.69) is 5.32 Å². The topological polar surface area (TPSA) is 84.7 Å². The number of anilines is 1. The highest BCUT2D eigenvalue weighted by Crippen LogP contribution is 2.24. The van der Waals surface area contributed by atoms with Crippen LogP contribution in [0, 0.1) is 10.1 Å². The number of hydrogen-bond donors (Lipinski definition) is 1. The molecule has 0 bridgehead atoms. The van der Waals surface area contributed by atoms with Gasteiger partial charge in [-0.3, -0.25) is 14.9 Å². The van der Waals surface area contributed by atoms with Crippen molar-refractivity contribution in [2.75, 3.05) is 38.2 Å². The lowest BCUT2D eigenvalue weighted by Gasteiger charge is -2.27. The zero-order valence-electron chi connectivity index (χ0n) is 11.3. The predicted octanol–water partition coefficient (Wildman–Crippen LogP) is 1.50. The van der Waals surface area contributed by atoms with E-state index in [-0.39, 0.29) is 11.6 Å². The monoisotopic (exact) mass is 279 g/mol. The predicted molar refractivity (Wildman–Crippen MR) is 74.0 cm³/mol. The molecule has 7 nitrogen and oxygen atoms in total. The normalized spacial score (nSPS) is 14.9. The molecule has 1 fully saturated rings. The molecule has 1 aromatic carbocycles.